The van der Waals surface area contributed by atoms with Gasteiger partial charge in [-0.3, -0.25) is 4.79 Å². The Kier molecular flexibility index (Phi) is 4.44. The second kappa shape index (κ2) is 6.92. The van der Waals surface area contributed by atoms with E-state index in [0.717, 1.165) is 25.3 Å². The zero-order valence-electron chi connectivity index (χ0n) is 15.6. The first-order chi connectivity index (χ1) is 13.0. The number of fused-ring (bicyclic) bond motifs is 1. The number of hydrogen-bond acceptors (Lipinski definition) is 7. The van der Waals surface area contributed by atoms with Gasteiger partial charge in [-0.05, 0) is 51.7 Å². The van der Waals surface area contributed by atoms with E-state index in [2.05, 4.69) is 44.4 Å². The van der Waals surface area contributed by atoms with Crippen LogP contribution in [0.25, 0.3) is 5.65 Å². The SMILES string of the molecule is Cc1nc2ccc(N3CCC(N(C)C)C3)nn2c1C(=O)Nc1cccnn1. The highest BCUT2D eigenvalue weighted by molar-refractivity contribution is 6.03. The number of nitrogens with zero attached hydrogens (tertiary/aromatic N) is 7. The fourth-order valence-corrected chi connectivity index (χ4v) is 3.38. The lowest BCUT2D eigenvalue weighted by Gasteiger charge is -2.21. The third-order valence-corrected chi connectivity index (χ3v) is 4.88. The zero-order chi connectivity index (χ0) is 19.0. The van der Waals surface area contributed by atoms with Crippen molar-refractivity contribution in [2.24, 2.45) is 0 Å². The Hall–Kier alpha value is -3.07. The van der Waals surface area contributed by atoms with Crippen molar-refractivity contribution in [2.45, 2.75) is 19.4 Å². The fourth-order valence-electron chi connectivity index (χ4n) is 3.38. The average molecular weight is 366 g/mol. The number of aromatic nitrogens is 5. The molecule has 1 aliphatic heterocycles. The van der Waals surface area contributed by atoms with Gasteiger partial charge in [0.25, 0.3) is 5.91 Å². The van der Waals surface area contributed by atoms with Gasteiger partial charge in [-0.25, -0.2) is 9.50 Å². The summed E-state index contributed by atoms with van der Waals surface area (Å²) in [6, 6.07) is 7.77. The smallest absolute Gasteiger partial charge is 0.277 e. The highest BCUT2D eigenvalue weighted by Crippen LogP contribution is 2.22. The number of carbonyl (C=O) groups is 1. The molecule has 3 aromatic heterocycles. The summed E-state index contributed by atoms with van der Waals surface area (Å²) >= 11 is 0. The molecule has 1 amide bonds. The summed E-state index contributed by atoms with van der Waals surface area (Å²) in [7, 11) is 4.19. The van der Waals surface area contributed by atoms with E-state index >= 15 is 0 Å². The summed E-state index contributed by atoms with van der Waals surface area (Å²) in [6.45, 7) is 3.66. The molecule has 0 saturated carbocycles. The van der Waals surface area contributed by atoms with Gasteiger partial charge in [-0.2, -0.15) is 5.10 Å². The van der Waals surface area contributed by atoms with Crippen LogP contribution in [0.1, 0.15) is 22.6 Å². The molecule has 27 heavy (non-hydrogen) atoms. The van der Waals surface area contributed by atoms with Crippen LogP contribution in [0.4, 0.5) is 11.6 Å². The first-order valence-electron chi connectivity index (χ1n) is 8.90. The Morgan fingerprint density at radius 3 is 2.85 bits per heavy atom. The molecule has 4 heterocycles. The van der Waals surface area contributed by atoms with E-state index in [4.69, 9.17) is 5.10 Å². The number of likely N-dealkylation sites (N-methyl/N-ethyl adjacent to an activating group) is 1. The lowest BCUT2D eigenvalue weighted by molar-refractivity contribution is 0.101. The number of amides is 1. The van der Waals surface area contributed by atoms with Gasteiger partial charge in [-0.15, -0.1) is 10.2 Å². The molecule has 9 nitrogen and oxygen atoms in total. The van der Waals surface area contributed by atoms with Gasteiger partial charge < -0.3 is 15.1 Å². The zero-order valence-corrected chi connectivity index (χ0v) is 15.6. The van der Waals surface area contributed by atoms with Gasteiger partial charge in [0.15, 0.2) is 17.2 Å². The van der Waals surface area contributed by atoms with Crippen molar-refractivity contribution >= 4 is 23.2 Å². The molecule has 0 aromatic carbocycles. The van der Waals surface area contributed by atoms with Crippen molar-refractivity contribution in [3.8, 4) is 0 Å². The summed E-state index contributed by atoms with van der Waals surface area (Å²) in [5, 5.41) is 15.1. The molecule has 0 aliphatic carbocycles. The van der Waals surface area contributed by atoms with E-state index in [1.54, 1.807) is 29.8 Å². The number of hydrogen-bond donors (Lipinski definition) is 1. The van der Waals surface area contributed by atoms with E-state index in [1.807, 2.05) is 12.1 Å². The maximum atomic E-state index is 12.8. The molecule has 3 aromatic rings. The number of carbonyl (C=O) groups excluding carboxylic acids is 1. The maximum Gasteiger partial charge on any atom is 0.277 e. The molecule has 140 valence electrons. The molecule has 1 saturated heterocycles. The molecule has 4 rings (SSSR count). The summed E-state index contributed by atoms with van der Waals surface area (Å²) in [5.74, 6) is 0.928. The monoisotopic (exact) mass is 366 g/mol. The quantitative estimate of drug-likeness (QED) is 0.742. The van der Waals surface area contributed by atoms with E-state index in [9.17, 15) is 4.79 Å². The Balaban J connectivity index is 1.65. The number of nitrogens with one attached hydrogen (secondary N) is 1. The molecule has 0 spiro atoms. The van der Waals surface area contributed by atoms with E-state index in [0.29, 0.717) is 28.9 Å². The molecule has 0 radical (unpaired) electrons. The fraction of sp³-hybridized carbons (Fsp3) is 0.389. The van der Waals surface area contributed by atoms with Crippen LogP contribution in [0.5, 0.6) is 0 Å². The van der Waals surface area contributed by atoms with Crippen molar-refractivity contribution in [3.63, 3.8) is 0 Å². The minimum atomic E-state index is -0.308. The summed E-state index contributed by atoms with van der Waals surface area (Å²) < 4.78 is 1.61. The van der Waals surface area contributed by atoms with Gasteiger partial charge in [0.05, 0.1) is 5.69 Å². The summed E-state index contributed by atoms with van der Waals surface area (Å²) in [4.78, 5) is 21.7. The van der Waals surface area contributed by atoms with Crippen LogP contribution in [-0.2, 0) is 0 Å². The summed E-state index contributed by atoms with van der Waals surface area (Å²) in [5.41, 5.74) is 1.67. The number of anilines is 2. The number of aryl methyl sites for hydroxylation is 1. The second-order valence-corrected chi connectivity index (χ2v) is 6.92. The molecule has 1 aliphatic rings. The molecule has 1 fully saturated rings. The van der Waals surface area contributed by atoms with Crippen molar-refractivity contribution in [1.82, 2.24) is 29.7 Å². The van der Waals surface area contributed by atoms with Gasteiger partial charge in [-0.1, -0.05) is 0 Å². The van der Waals surface area contributed by atoms with Crippen LogP contribution >= 0.6 is 0 Å². The van der Waals surface area contributed by atoms with Crippen molar-refractivity contribution in [1.29, 1.82) is 0 Å². The number of imidazole rings is 1. The van der Waals surface area contributed by atoms with E-state index < -0.39 is 0 Å². The third kappa shape index (κ3) is 3.33. The first-order valence-corrected chi connectivity index (χ1v) is 8.90. The number of rotatable bonds is 4. The molecule has 1 unspecified atom stereocenters. The van der Waals surface area contributed by atoms with E-state index in [-0.39, 0.29) is 5.91 Å². The van der Waals surface area contributed by atoms with Crippen molar-refractivity contribution < 1.29 is 4.79 Å². The van der Waals surface area contributed by atoms with Gasteiger partial charge in [0, 0.05) is 25.3 Å². The lowest BCUT2D eigenvalue weighted by atomic mass is 10.2. The normalized spacial score (nSPS) is 17.0. The van der Waals surface area contributed by atoms with Crippen molar-refractivity contribution in [3.05, 3.63) is 41.9 Å². The van der Waals surface area contributed by atoms with E-state index in [1.165, 1.54) is 0 Å². The first kappa shape index (κ1) is 17.3. The topological polar surface area (TPSA) is 91.5 Å². The highest BCUT2D eigenvalue weighted by atomic mass is 16.2. The Morgan fingerprint density at radius 1 is 1.30 bits per heavy atom. The van der Waals surface area contributed by atoms with Crippen LogP contribution in [-0.4, -0.2) is 68.8 Å². The largest absolute Gasteiger partial charge is 0.354 e. The molecular weight excluding hydrogens is 344 g/mol. The summed E-state index contributed by atoms with van der Waals surface area (Å²) in [6.07, 6.45) is 2.65. The highest BCUT2D eigenvalue weighted by Gasteiger charge is 2.26. The molecule has 0 bridgehead atoms. The predicted molar refractivity (Wildman–Crippen MR) is 102 cm³/mol. The maximum absolute atomic E-state index is 12.8. The standard InChI is InChI=1S/C18H22N8O/c1-12-17(18(27)21-14-5-4-9-19-22-14)26-15(20-12)6-7-16(23-26)25-10-8-13(11-25)24(2)3/h4-7,9,13H,8,10-11H2,1-3H3,(H,21,22,27). The molecular formula is C18H22N8O. The van der Waals surface area contributed by atoms with Crippen LogP contribution in [0.15, 0.2) is 30.5 Å². The van der Waals surface area contributed by atoms with Crippen molar-refractivity contribution in [2.75, 3.05) is 37.4 Å². The second-order valence-electron chi connectivity index (χ2n) is 6.92. The van der Waals surface area contributed by atoms with Crippen LogP contribution in [0, 0.1) is 6.92 Å². The Labute approximate surface area is 157 Å². The van der Waals surface area contributed by atoms with Crippen LogP contribution in [0.2, 0.25) is 0 Å². The Bertz CT molecular complexity index is 968. The third-order valence-electron chi connectivity index (χ3n) is 4.88. The minimum Gasteiger partial charge on any atom is -0.354 e. The van der Waals surface area contributed by atoms with Gasteiger partial charge in [0.1, 0.15) is 5.82 Å². The minimum absolute atomic E-state index is 0.308. The molecule has 1 atom stereocenters. The predicted octanol–water partition coefficient (Wildman–Crippen LogP) is 1.22. The molecule has 9 heteroatoms. The van der Waals surface area contributed by atoms with Gasteiger partial charge in [0.2, 0.25) is 0 Å². The van der Waals surface area contributed by atoms with Crippen LogP contribution < -0.4 is 10.2 Å². The Morgan fingerprint density at radius 2 is 2.15 bits per heavy atom. The lowest BCUT2D eigenvalue weighted by Crippen LogP contribution is -2.32. The molecule has 1 N–H and O–H groups in total. The van der Waals surface area contributed by atoms with Gasteiger partial charge >= 0.3 is 0 Å². The van der Waals surface area contributed by atoms with Crippen LogP contribution in [0.3, 0.4) is 0 Å². The average Bonchev–Trinajstić information content (AvgIpc) is 3.26.